The van der Waals surface area contributed by atoms with Gasteiger partial charge in [0, 0.05) is 6.54 Å². The maximum Gasteiger partial charge on any atom is 0.325 e. The van der Waals surface area contributed by atoms with Gasteiger partial charge in [-0.15, -0.1) is 0 Å². The minimum Gasteiger partial charge on any atom is -0.323 e. The van der Waals surface area contributed by atoms with Crippen LogP contribution in [0, 0.1) is 5.92 Å². The molecular weight excluding hydrogens is 242 g/mol. The van der Waals surface area contributed by atoms with Gasteiger partial charge in [0.25, 0.3) is 5.91 Å². The summed E-state index contributed by atoms with van der Waals surface area (Å²) in [5.74, 6) is 0.286. The third-order valence-electron chi connectivity index (χ3n) is 4.19. The predicted octanol–water partition coefficient (Wildman–Crippen LogP) is 1.49. The predicted molar refractivity (Wildman–Crippen MR) is 73.8 cm³/mol. The van der Waals surface area contributed by atoms with Crippen molar-refractivity contribution in [2.45, 2.75) is 51.5 Å². The first kappa shape index (κ1) is 14.3. The highest BCUT2D eigenvalue weighted by Gasteiger charge is 2.51. The lowest BCUT2D eigenvalue weighted by molar-refractivity contribution is -0.132. The Labute approximate surface area is 115 Å². The molecule has 1 unspecified atom stereocenters. The van der Waals surface area contributed by atoms with E-state index in [0.717, 1.165) is 38.8 Å². The van der Waals surface area contributed by atoms with Crippen LogP contribution in [0.3, 0.4) is 0 Å². The lowest BCUT2D eigenvalue weighted by Crippen LogP contribution is -2.48. The maximum atomic E-state index is 12.5. The average Bonchev–Trinajstić information content (AvgIpc) is 2.62. The molecule has 1 aliphatic carbocycles. The number of urea groups is 1. The van der Waals surface area contributed by atoms with Crippen LogP contribution in [0.15, 0.2) is 0 Å². The third kappa shape index (κ3) is 2.91. The minimum absolute atomic E-state index is 0.000508. The maximum absolute atomic E-state index is 12.5. The van der Waals surface area contributed by atoms with Gasteiger partial charge in [-0.05, 0) is 31.8 Å². The normalized spacial score (nSPS) is 23.8. The molecule has 2 rings (SSSR count). The Bertz CT molecular complexity index is 351. The van der Waals surface area contributed by atoms with Crippen molar-refractivity contribution in [2.24, 2.45) is 5.92 Å². The van der Waals surface area contributed by atoms with E-state index in [4.69, 9.17) is 0 Å². The Morgan fingerprint density at radius 3 is 2.63 bits per heavy atom. The van der Waals surface area contributed by atoms with E-state index in [1.807, 2.05) is 0 Å². The van der Waals surface area contributed by atoms with Crippen molar-refractivity contribution in [3.05, 3.63) is 0 Å². The number of carbonyl (C=O) groups is 2. The van der Waals surface area contributed by atoms with Crippen LogP contribution in [0.2, 0.25) is 0 Å². The van der Waals surface area contributed by atoms with E-state index in [2.05, 4.69) is 24.5 Å². The third-order valence-corrected chi connectivity index (χ3v) is 4.19. The van der Waals surface area contributed by atoms with Crippen molar-refractivity contribution in [3.8, 4) is 0 Å². The van der Waals surface area contributed by atoms with E-state index < -0.39 is 5.54 Å². The van der Waals surface area contributed by atoms with Crippen LogP contribution in [-0.2, 0) is 4.79 Å². The number of rotatable bonds is 5. The highest BCUT2D eigenvalue weighted by atomic mass is 16.2. The van der Waals surface area contributed by atoms with Gasteiger partial charge in [0.2, 0.25) is 0 Å². The van der Waals surface area contributed by atoms with Gasteiger partial charge in [0.1, 0.15) is 5.54 Å². The number of imide groups is 1. The van der Waals surface area contributed by atoms with Gasteiger partial charge in [0.15, 0.2) is 0 Å². The fourth-order valence-corrected chi connectivity index (χ4v) is 3.10. The molecule has 1 aliphatic heterocycles. The zero-order valence-electron chi connectivity index (χ0n) is 12.0. The summed E-state index contributed by atoms with van der Waals surface area (Å²) < 4.78 is 0. The van der Waals surface area contributed by atoms with E-state index in [9.17, 15) is 9.59 Å². The van der Waals surface area contributed by atoms with Crippen LogP contribution < -0.4 is 10.6 Å². The number of nitrogens with one attached hydrogen (secondary N) is 2. The van der Waals surface area contributed by atoms with Crippen molar-refractivity contribution in [2.75, 3.05) is 19.6 Å². The smallest absolute Gasteiger partial charge is 0.323 e. The quantitative estimate of drug-likeness (QED) is 0.742. The average molecular weight is 267 g/mol. The van der Waals surface area contributed by atoms with Gasteiger partial charge in [-0.1, -0.05) is 33.1 Å². The Morgan fingerprint density at radius 2 is 2.00 bits per heavy atom. The Kier molecular flexibility index (Phi) is 4.45. The summed E-state index contributed by atoms with van der Waals surface area (Å²) in [6.45, 7) is 6.38. The van der Waals surface area contributed by atoms with Gasteiger partial charge in [-0.2, -0.15) is 0 Å². The van der Waals surface area contributed by atoms with Crippen LogP contribution in [0.5, 0.6) is 0 Å². The molecule has 5 nitrogen and oxygen atoms in total. The Morgan fingerprint density at radius 1 is 1.32 bits per heavy atom. The monoisotopic (exact) mass is 267 g/mol. The molecule has 1 saturated carbocycles. The molecule has 1 atom stereocenters. The summed E-state index contributed by atoms with van der Waals surface area (Å²) in [7, 11) is 0. The summed E-state index contributed by atoms with van der Waals surface area (Å²) in [6, 6.07) is -0.199. The zero-order chi connectivity index (χ0) is 13.9. The fourth-order valence-electron chi connectivity index (χ4n) is 3.10. The summed E-state index contributed by atoms with van der Waals surface area (Å²) in [6.07, 6.45) is 4.84. The topological polar surface area (TPSA) is 61.4 Å². The number of nitrogens with zero attached hydrogens (tertiary/aromatic N) is 1. The van der Waals surface area contributed by atoms with Crippen LogP contribution >= 0.6 is 0 Å². The Balaban J connectivity index is 1.98. The minimum atomic E-state index is -0.576. The lowest BCUT2D eigenvalue weighted by Gasteiger charge is -2.30. The van der Waals surface area contributed by atoms with Crippen molar-refractivity contribution in [3.63, 3.8) is 0 Å². The van der Waals surface area contributed by atoms with Gasteiger partial charge >= 0.3 is 6.03 Å². The summed E-state index contributed by atoms with van der Waals surface area (Å²) in [5.41, 5.74) is -0.576. The molecule has 19 heavy (non-hydrogen) atoms. The molecular formula is C14H25N3O2. The first-order valence-electron chi connectivity index (χ1n) is 7.44. The molecule has 2 fully saturated rings. The first-order valence-corrected chi connectivity index (χ1v) is 7.44. The number of carbonyl (C=O) groups excluding carboxylic acids is 2. The number of hydrogen-bond acceptors (Lipinski definition) is 3. The van der Waals surface area contributed by atoms with Crippen molar-refractivity contribution in [1.82, 2.24) is 15.5 Å². The van der Waals surface area contributed by atoms with Crippen molar-refractivity contribution in [1.29, 1.82) is 0 Å². The van der Waals surface area contributed by atoms with Crippen molar-refractivity contribution < 1.29 is 9.59 Å². The van der Waals surface area contributed by atoms with Crippen molar-refractivity contribution >= 4 is 11.9 Å². The number of hydrogen-bond donors (Lipinski definition) is 2. The number of amides is 3. The molecule has 0 bridgehead atoms. The van der Waals surface area contributed by atoms with Gasteiger partial charge < -0.3 is 10.6 Å². The molecule has 2 N–H and O–H groups in total. The largest absolute Gasteiger partial charge is 0.325 e. The molecule has 1 heterocycles. The highest BCUT2D eigenvalue weighted by molar-refractivity contribution is 6.07. The molecule has 108 valence electrons. The van der Waals surface area contributed by atoms with Gasteiger partial charge in [-0.3, -0.25) is 9.69 Å². The molecule has 5 heteroatoms. The fraction of sp³-hybridized carbons (Fsp3) is 0.857. The zero-order valence-corrected chi connectivity index (χ0v) is 12.0. The van der Waals surface area contributed by atoms with Crippen LogP contribution in [-0.4, -0.2) is 42.0 Å². The van der Waals surface area contributed by atoms with E-state index in [1.165, 1.54) is 11.3 Å². The van der Waals surface area contributed by atoms with E-state index in [1.54, 1.807) is 0 Å². The molecule has 1 spiro atoms. The van der Waals surface area contributed by atoms with E-state index in [-0.39, 0.29) is 17.9 Å². The molecule has 0 aromatic carbocycles. The van der Waals surface area contributed by atoms with E-state index in [0.29, 0.717) is 6.54 Å². The Hall–Kier alpha value is -1.10. The molecule has 0 aromatic rings. The summed E-state index contributed by atoms with van der Waals surface area (Å²) >= 11 is 0. The van der Waals surface area contributed by atoms with Crippen LogP contribution in [0.4, 0.5) is 4.79 Å². The van der Waals surface area contributed by atoms with E-state index >= 15 is 0 Å². The molecule has 0 radical (unpaired) electrons. The molecule has 2 aliphatic rings. The standard InChI is InChI=1S/C14H25N3O2/c1-3-15-9-11(2)10-17-12(18)14(16-13(17)19)7-5-4-6-8-14/h11,15H,3-10H2,1-2H3,(H,16,19). The van der Waals surface area contributed by atoms with Crippen LogP contribution in [0.25, 0.3) is 0 Å². The lowest BCUT2D eigenvalue weighted by atomic mass is 9.81. The summed E-state index contributed by atoms with van der Waals surface area (Å²) in [4.78, 5) is 26.0. The first-order chi connectivity index (χ1) is 9.09. The molecule has 0 aromatic heterocycles. The summed E-state index contributed by atoms with van der Waals surface area (Å²) in [5, 5.41) is 6.20. The van der Waals surface area contributed by atoms with Gasteiger partial charge in [-0.25, -0.2) is 4.79 Å². The molecule has 3 amide bonds. The SMILES string of the molecule is CCNCC(C)CN1C(=O)NC2(CCCCC2)C1=O. The second kappa shape index (κ2) is 5.90. The highest BCUT2D eigenvalue weighted by Crippen LogP contribution is 2.33. The van der Waals surface area contributed by atoms with Crippen LogP contribution in [0.1, 0.15) is 46.0 Å². The second-order valence-corrected chi connectivity index (χ2v) is 5.90. The second-order valence-electron chi connectivity index (χ2n) is 5.90. The molecule has 1 saturated heterocycles. The van der Waals surface area contributed by atoms with Gasteiger partial charge in [0.05, 0.1) is 0 Å².